The second-order valence-electron chi connectivity index (χ2n) is 3.01. The molecule has 0 aliphatic rings. The van der Waals surface area contributed by atoms with Gasteiger partial charge in [-0.1, -0.05) is 13.8 Å². The Labute approximate surface area is 97.2 Å². The number of carbonyl (C=O) groups is 2. The van der Waals surface area contributed by atoms with E-state index in [4.69, 9.17) is 11.7 Å². The summed E-state index contributed by atoms with van der Waals surface area (Å²) in [5, 5.41) is 8.52. The number of nitriles is 1. The average Bonchev–Trinajstić information content (AvgIpc) is 2.34. The van der Waals surface area contributed by atoms with Gasteiger partial charge >= 0.3 is 0 Å². The fourth-order valence-electron chi connectivity index (χ4n) is 0.873. The van der Waals surface area contributed by atoms with Crippen molar-refractivity contribution in [3.63, 3.8) is 0 Å². The maximum Gasteiger partial charge on any atom is 0.287 e. The Balaban J connectivity index is 0. The number of hydrogen-bond donors (Lipinski definition) is 0. The van der Waals surface area contributed by atoms with Crippen LogP contribution < -0.4 is 0 Å². The van der Waals surface area contributed by atoms with Gasteiger partial charge in [0.05, 0.1) is 6.07 Å². The Morgan fingerprint density at radius 2 is 2.06 bits per heavy atom. The van der Waals surface area contributed by atoms with Crippen molar-refractivity contribution >= 4 is 12.2 Å². The van der Waals surface area contributed by atoms with E-state index in [9.17, 15) is 9.59 Å². The fourth-order valence-corrected chi connectivity index (χ4v) is 0.873. The molecule has 16 heavy (non-hydrogen) atoms. The zero-order valence-corrected chi connectivity index (χ0v) is 10.1. The predicted octanol–water partition coefficient (Wildman–Crippen LogP) is 1.37. The first-order valence-electron chi connectivity index (χ1n) is 5.17. The van der Waals surface area contributed by atoms with Crippen LogP contribution in [0.25, 0.3) is 0 Å². The minimum atomic E-state index is -0.620. The van der Waals surface area contributed by atoms with Crippen molar-refractivity contribution in [1.29, 1.82) is 5.26 Å². The molecule has 4 heteroatoms. The van der Waals surface area contributed by atoms with Gasteiger partial charge in [0.1, 0.15) is 6.04 Å². The molecule has 4 nitrogen and oxygen atoms in total. The molecule has 0 heterocycles. The summed E-state index contributed by atoms with van der Waals surface area (Å²) in [5.74, 6) is 1.81. The number of rotatable bonds is 4. The molecule has 0 aliphatic carbocycles. The van der Waals surface area contributed by atoms with Crippen molar-refractivity contribution in [3.05, 3.63) is 0 Å². The van der Waals surface area contributed by atoms with E-state index in [-0.39, 0.29) is 6.29 Å². The second kappa shape index (κ2) is 11.3. The van der Waals surface area contributed by atoms with Crippen molar-refractivity contribution < 1.29 is 9.59 Å². The van der Waals surface area contributed by atoms with Crippen LogP contribution in [0.1, 0.15) is 33.6 Å². The summed E-state index contributed by atoms with van der Waals surface area (Å²) >= 11 is 0. The third-order valence-electron chi connectivity index (χ3n) is 1.71. The van der Waals surface area contributed by atoms with Crippen molar-refractivity contribution in [2.24, 2.45) is 0 Å². The highest BCUT2D eigenvalue weighted by atomic mass is 16.2. The summed E-state index contributed by atoms with van der Waals surface area (Å²) in [6.07, 6.45) is 6.61. The van der Waals surface area contributed by atoms with Crippen LogP contribution in [0.15, 0.2) is 0 Å². The molecule has 0 aromatic rings. The van der Waals surface area contributed by atoms with Crippen molar-refractivity contribution in [1.82, 2.24) is 4.90 Å². The standard InChI is InChI=1S/C8H12N2O2.C4H6/c1-3-4-10(7(2)5-9)8(12)6-11;1-3-4-2/h6-7H,3-4H2,1-2H3;1H,4H2,2H3. The Morgan fingerprint density at radius 3 is 2.31 bits per heavy atom. The highest BCUT2D eigenvalue weighted by Crippen LogP contribution is 1.98. The van der Waals surface area contributed by atoms with E-state index >= 15 is 0 Å². The van der Waals surface area contributed by atoms with Crippen LogP contribution in [0.5, 0.6) is 0 Å². The number of hydrogen-bond acceptors (Lipinski definition) is 3. The number of terminal acetylenes is 1. The predicted molar refractivity (Wildman–Crippen MR) is 62.3 cm³/mol. The van der Waals surface area contributed by atoms with E-state index < -0.39 is 11.9 Å². The second-order valence-corrected chi connectivity index (χ2v) is 3.01. The van der Waals surface area contributed by atoms with Crippen LogP contribution in [0.4, 0.5) is 0 Å². The molecule has 0 bridgehead atoms. The lowest BCUT2D eigenvalue weighted by Crippen LogP contribution is -2.39. The quantitative estimate of drug-likeness (QED) is 0.410. The zero-order valence-electron chi connectivity index (χ0n) is 10.1. The lowest BCUT2D eigenvalue weighted by molar-refractivity contribution is -0.139. The molecule has 0 saturated heterocycles. The molecule has 88 valence electrons. The summed E-state index contributed by atoms with van der Waals surface area (Å²) in [7, 11) is 0. The number of aldehydes is 1. The first-order valence-corrected chi connectivity index (χ1v) is 5.17. The minimum absolute atomic E-state index is 0.240. The summed E-state index contributed by atoms with van der Waals surface area (Å²) in [5.41, 5.74) is 0. The maximum absolute atomic E-state index is 10.9. The molecule has 0 N–H and O–H groups in total. The zero-order chi connectivity index (χ0) is 13.0. The van der Waals surface area contributed by atoms with Crippen LogP contribution in [0, 0.1) is 23.7 Å². The number of carbonyl (C=O) groups excluding carboxylic acids is 2. The molecule has 0 fully saturated rings. The largest absolute Gasteiger partial charge is 0.321 e. The SMILES string of the molecule is C#CCC.CCCN(C(=O)C=O)C(C)C#N. The van der Waals surface area contributed by atoms with Gasteiger partial charge in [0, 0.05) is 13.0 Å². The highest BCUT2D eigenvalue weighted by molar-refractivity contribution is 6.23. The Morgan fingerprint density at radius 1 is 1.56 bits per heavy atom. The van der Waals surface area contributed by atoms with Gasteiger partial charge in [0.2, 0.25) is 6.29 Å². The van der Waals surface area contributed by atoms with E-state index in [1.165, 1.54) is 4.90 Å². The van der Waals surface area contributed by atoms with Gasteiger partial charge < -0.3 is 4.90 Å². The van der Waals surface area contributed by atoms with Gasteiger partial charge in [-0.05, 0) is 13.3 Å². The van der Waals surface area contributed by atoms with Crippen LogP contribution >= 0.6 is 0 Å². The first kappa shape index (κ1) is 16.6. The summed E-state index contributed by atoms with van der Waals surface area (Å²) in [6.45, 7) is 5.87. The molecule has 0 radical (unpaired) electrons. The van der Waals surface area contributed by atoms with E-state index in [0.29, 0.717) is 6.54 Å². The lowest BCUT2D eigenvalue weighted by Gasteiger charge is -2.21. The Bertz CT molecular complexity index is 286. The average molecular weight is 222 g/mol. The molecule has 0 rings (SSSR count). The van der Waals surface area contributed by atoms with Crippen molar-refractivity contribution in [2.75, 3.05) is 6.54 Å². The third-order valence-corrected chi connectivity index (χ3v) is 1.71. The smallest absolute Gasteiger partial charge is 0.287 e. The van der Waals surface area contributed by atoms with E-state index in [1.54, 1.807) is 6.92 Å². The Hall–Kier alpha value is -1.81. The summed E-state index contributed by atoms with van der Waals surface area (Å²) in [6, 6.07) is 1.39. The van der Waals surface area contributed by atoms with Gasteiger partial charge in [-0.2, -0.15) is 5.26 Å². The van der Waals surface area contributed by atoms with Crippen LogP contribution in [0.3, 0.4) is 0 Å². The minimum Gasteiger partial charge on any atom is -0.321 e. The van der Waals surface area contributed by atoms with Gasteiger partial charge in [-0.3, -0.25) is 9.59 Å². The van der Waals surface area contributed by atoms with Crippen LogP contribution in [-0.4, -0.2) is 29.7 Å². The molecule has 0 spiro atoms. The molecule has 0 saturated carbocycles. The van der Waals surface area contributed by atoms with E-state index in [2.05, 4.69) is 5.92 Å². The maximum atomic E-state index is 10.9. The Kier molecular flexibility index (Phi) is 11.7. The third kappa shape index (κ3) is 7.58. The lowest BCUT2D eigenvalue weighted by atomic mass is 10.3. The number of amides is 1. The monoisotopic (exact) mass is 222 g/mol. The van der Waals surface area contributed by atoms with Gasteiger partial charge in [-0.25, -0.2) is 0 Å². The molecule has 0 aliphatic heterocycles. The highest BCUT2D eigenvalue weighted by Gasteiger charge is 2.17. The van der Waals surface area contributed by atoms with Crippen LogP contribution in [-0.2, 0) is 9.59 Å². The molecule has 0 aromatic heterocycles. The molecule has 1 amide bonds. The van der Waals surface area contributed by atoms with E-state index in [1.807, 2.05) is 19.9 Å². The van der Waals surface area contributed by atoms with Gasteiger partial charge in [0.25, 0.3) is 5.91 Å². The van der Waals surface area contributed by atoms with Gasteiger partial charge in [0.15, 0.2) is 0 Å². The molecule has 1 unspecified atom stereocenters. The normalized spacial score (nSPS) is 9.81. The summed E-state index contributed by atoms with van der Waals surface area (Å²) in [4.78, 5) is 22.3. The number of nitrogens with zero attached hydrogens (tertiary/aromatic N) is 2. The molecule has 1 atom stereocenters. The fraction of sp³-hybridized carbons (Fsp3) is 0.583. The first-order chi connectivity index (χ1) is 7.58. The molecular formula is C12H18N2O2. The van der Waals surface area contributed by atoms with Crippen molar-refractivity contribution in [3.8, 4) is 18.4 Å². The molecule has 0 aromatic carbocycles. The van der Waals surface area contributed by atoms with Crippen LogP contribution in [0.2, 0.25) is 0 Å². The summed E-state index contributed by atoms with van der Waals surface area (Å²) < 4.78 is 0. The van der Waals surface area contributed by atoms with Gasteiger partial charge in [-0.15, -0.1) is 12.3 Å². The molecular weight excluding hydrogens is 204 g/mol. The topological polar surface area (TPSA) is 61.2 Å². The van der Waals surface area contributed by atoms with E-state index in [0.717, 1.165) is 12.8 Å². The van der Waals surface area contributed by atoms with Crippen molar-refractivity contribution in [2.45, 2.75) is 39.7 Å².